The Morgan fingerprint density at radius 1 is 1.41 bits per heavy atom. The molecule has 0 radical (unpaired) electrons. The number of halogens is 3. The minimum atomic E-state index is -2.79. The Morgan fingerprint density at radius 2 is 2.22 bits per heavy atom. The van der Waals surface area contributed by atoms with Gasteiger partial charge in [-0.3, -0.25) is 9.78 Å². The minimum Gasteiger partial charge on any atom is -0.382 e. The molecule has 12 heteroatoms. The largest absolute Gasteiger partial charge is 0.382 e. The number of amidine groups is 1. The molecule has 2 aromatic rings. The normalized spacial score (nSPS) is 24.8. The van der Waals surface area contributed by atoms with Crippen LogP contribution < -0.4 is 11.1 Å². The number of nitrogens with zero attached hydrogens (tertiary/aromatic N) is 3. The van der Waals surface area contributed by atoms with Crippen molar-refractivity contribution in [3.8, 4) is 0 Å². The molecule has 0 aliphatic carbocycles. The molecule has 170 valence electrons. The highest BCUT2D eigenvalue weighted by molar-refractivity contribution is 8.13. The van der Waals surface area contributed by atoms with Gasteiger partial charge in [-0.2, -0.15) is 0 Å². The lowest BCUT2D eigenvalue weighted by Gasteiger charge is -2.36. The Morgan fingerprint density at radius 3 is 2.91 bits per heavy atom. The molecule has 4 rings (SSSR count). The van der Waals surface area contributed by atoms with Crippen LogP contribution in [0.2, 0.25) is 0 Å². The number of nitrogens with one attached hydrogen (secondary N) is 1. The second kappa shape index (κ2) is 9.04. The second-order valence-electron chi connectivity index (χ2n) is 7.37. The van der Waals surface area contributed by atoms with Crippen molar-refractivity contribution in [1.82, 2.24) is 9.97 Å². The van der Waals surface area contributed by atoms with Gasteiger partial charge in [0.25, 0.3) is 12.3 Å². The second-order valence-corrected chi connectivity index (χ2v) is 8.41. The van der Waals surface area contributed by atoms with Crippen molar-refractivity contribution in [3.05, 3.63) is 53.4 Å². The van der Waals surface area contributed by atoms with E-state index in [9.17, 15) is 18.0 Å². The molecule has 2 aliphatic rings. The lowest BCUT2D eigenvalue weighted by Crippen LogP contribution is -2.43. The van der Waals surface area contributed by atoms with Crippen LogP contribution >= 0.6 is 11.8 Å². The zero-order valence-corrected chi connectivity index (χ0v) is 17.7. The number of carbonyl (C=O) groups is 1. The molecule has 1 saturated heterocycles. The number of benzene rings is 1. The van der Waals surface area contributed by atoms with Crippen LogP contribution in [0, 0.1) is 11.7 Å². The summed E-state index contributed by atoms with van der Waals surface area (Å²) in [6, 6.07) is 4.09. The van der Waals surface area contributed by atoms with Crippen molar-refractivity contribution >= 4 is 28.5 Å². The van der Waals surface area contributed by atoms with Gasteiger partial charge in [-0.1, -0.05) is 11.8 Å². The van der Waals surface area contributed by atoms with E-state index in [0.29, 0.717) is 17.5 Å². The molecule has 3 atom stereocenters. The first-order valence-corrected chi connectivity index (χ1v) is 10.6. The number of amides is 1. The number of rotatable bonds is 6. The fourth-order valence-corrected chi connectivity index (χ4v) is 4.96. The summed E-state index contributed by atoms with van der Waals surface area (Å²) in [5.74, 6) is -0.801. The van der Waals surface area contributed by atoms with Gasteiger partial charge in [0.1, 0.15) is 22.7 Å². The molecular weight excluding hydrogens is 447 g/mol. The van der Waals surface area contributed by atoms with Crippen LogP contribution in [0.25, 0.3) is 0 Å². The Kier molecular flexibility index (Phi) is 6.35. The summed E-state index contributed by atoms with van der Waals surface area (Å²) >= 11 is 1.37. The molecular formula is C20H20F3N5O3S. The smallest absolute Gasteiger partial charge is 0.281 e. The highest BCUT2D eigenvalue weighted by Crippen LogP contribution is 2.48. The summed E-state index contributed by atoms with van der Waals surface area (Å²) in [5.41, 5.74) is 4.75. The van der Waals surface area contributed by atoms with Crippen molar-refractivity contribution < 1.29 is 27.4 Å². The molecule has 1 aromatic heterocycles. The molecule has 8 nitrogen and oxygen atoms in total. The predicted molar refractivity (Wildman–Crippen MR) is 112 cm³/mol. The number of nitrogens with two attached hydrogens (primary N) is 1. The molecule has 32 heavy (non-hydrogen) atoms. The number of alkyl halides is 2. The summed E-state index contributed by atoms with van der Waals surface area (Å²) in [7, 11) is 1.56. The van der Waals surface area contributed by atoms with E-state index in [2.05, 4.69) is 20.3 Å². The number of aromatic nitrogens is 2. The maximum absolute atomic E-state index is 15.0. The van der Waals surface area contributed by atoms with Crippen LogP contribution in [0.4, 0.5) is 18.9 Å². The zero-order chi connectivity index (χ0) is 22.9. The molecule has 0 bridgehead atoms. The summed E-state index contributed by atoms with van der Waals surface area (Å²) < 4.78 is 51.4. The lowest BCUT2D eigenvalue weighted by molar-refractivity contribution is 0.0240. The molecule has 1 fully saturated rings. The van der Waals surface area contributed by atoms with Crippen molar-refractivity contribution in [1.29, 1.82) is 0 Å². The highest BCUT2D eigenvalue weighted by Gasteiger charge is 2.54. The average molecular weight is 467 g/mol. The van der Waals surface area contributed by atoms with Crippen LogP contribution in [-0.4, -0.2) is 53.2 Å². The molecule has 0 saturated carbocycles. The maximum atomic E-state index is 15.0. The predicted octanol–water partition coefficient (Wildman–Crippen LogP) is 2.72. The van der Waals surface area contributed by atoms with Crippen LogP contribution in [0.1, 0.15) is 28.2 Å². The lowest BCUT2D eigenvalue weighted by atomic mass is 9.78. The van der Waals surface area contributed by atoms with Gasteiger partial charge in [0.05, 0.1) is 31.7 Å². The van der Waals surface area contributed by atoms with E-state index >= 15 is 0 Å². The van der Waals surface area contributed by atoms with E-state index in [1.54, 1.807) is 7.11 Å². The zero-order valence-electron chi connectivity index (χ0n) is 16.9. The number of thioether (sulfide) groups is 1. The van der Waals surface area contributed by atoms with Crippen molar-refractivity contribution in [3.63, 3.8) is 0 Å². The number of hydrogen-bond acceptors (Lipinski definition) is 8. The number of fused-ring (bicyclic) bond motifs is 1. The van der Waals surface area contributed by atoms with Crippen molar-refractivity contribution in [2.75, 3.05) is 31.4 Å². The number of hydrogen-bond donors (Lipinski definition) is 2. The van der Waals surface area contributed by atoms with Gasteiger partial charge in [-0.15, -0.1) is 0 Å². The van der Waals surface area contributed by atoms with Crippen LogP contribution in [0.3, 0.4) is 0 Å². The molecule has 1 aromatic carbocycles. The maximum Gasteiger partial charge on any atom is 0.281 e. The van der Waals surface area contributed by atoms with Gasteiger partial charge in [-0.25, -0.2) is 23.1 Å². The van der Waals surface area contributed by atoms with Gasteiger partial charge in [0.15, 0.2) is 5.17 Å². The monoisotopic (exact) mass is 467 g/mol. The molecule has 1 amide bonds. The average Bonchev–Trinajstić information content (AvgIpc) is 3.13. The van der Waals surface area contributed by atoms with E-state index in [1.165, 1.54) is 30.0 Å². The Hall–Kier alpha value is -2.70. The summed E-state index contributed by atoms with van der Waals surface area (Å²) in [4.78, 5) is 24.3. The van der Waals surface area contributed by atoms with E-state index in [0.717, 1.165) is 12.4 Å². The standard InChI is InChI=1S/C20H20F3N5O3S/c1-30-7-16-12-8-32-19(24)28-20(12,9-31-16)11-4-10(2-3-13(11)21)27-18(29)15-6-25-14(5-26-15)17(22)23/h2-6,12,16-17H,7-9H2,1H3,(H2,24,28)(H,27,29)/t12-,16-,20-/m1/s1. The van der Waals surface area contributed by atoms with E-state index < -0.39 is 29.4 Å². The number of anilines is 1. The topological polar surface area (TPSA) is 112 Å². The highest BCUT2D eigenvalue weighted by atomic mass is 32.2. The van der Waals surface area contributed by atoms with Gasteiger partial charge < -0.3 is 20.5 Å². The molecule has 0 unspecified atom stereocenters. The van der Waals surface area contributed by atoms with E-state index in [-0.39, 0.29) is 35.6 Å². The van der Waals surface area contributed by atoms with Gasteiger partial charge in [0, 0.05) is 30.0 Å². The van der Waals surface area contributed by atoms with Gasteiger partial charge in [-0.05, 0) is 18.2 Å². The van der Waals surface area contributed by atoms with Crippen molar-refractivity contribution in [2.24, 2.45) is 16.6 Å². The van der Waals surface area contributed by atoms with Crippen LogP contribution in [0.5, 0.6) is 0 Å². The first-order chi connectivity index (χ1) is 15.3. The third kappa shape index (κ3) is 4.17. The third-order valence-corrected chi connectivity index (χ3v) is 6.36. The molecule has 0 spiro atoms. The number of aliphatic imine (C=N–C) groups is 1. The Bertz CT molecular complexity index is 1040. The molecule has 2 aliphatic heterocycles. The minimum absolute atomic E-state index is 0.113. The molecule has 3 N–H and O–H groups in total. The number of methoxy groups -OCH3 is 1. The molecule has 3 heterocycles. The van der Waals surface area contributed by atoms with E-state index in [4.69, 9.17) is 15.2 Å². The van der Waals surface area contributed by atoms with E-state index in [1.807, 2.05) is 0 Å². The summed E-state index contributed by atoms with van der Waals surface area (Å²) in [6.45, 7) is 0.440. The number of carbonyl (C=O) groups excluding carboxylic acids is 1. The van der Waals surface area contributed by atoms with Crippen LogP contribution in [-0.2, 0) is 15.0 Å². The Labute approximate surface area is 185 Å². The van der Waals surface area contributed by atoms with Gasteiger partial charge >= 0.3 is 0 Å². The first kappa shape index (κ1) is 22.5. The van der Waals surface area contributed by atoms with Gasteiger partial charge in [0.2, 0.25) is 0 Å². The Balaban J connectivity index is 1.63. The quantitative estimate of drug-likeness (QED) is 0.672. The first-order valence-electron chi connectivity index (χ1n) is 9.64. The fourth-order valence-electron chi connectivity index (χ4n) is 3.89. The fraction of sp³-hybridized carbons (Fsp3) is 0.400. The SMILES string of the molecule is COC[C@H]1OC[C@]2(c3cc(NC(=O)c4cnc(C(F)F)cn4)ccc3F)N=C(N)SC[C@H]12. The summed E-state index contributed by atoms with van der Waals surface area (Å²) in [6.07, 6.45) is -1.28. The third-order valence-electron chi connectivity index (χ3n) is 5.45. The van der Waals surface area contributed by atoms with Crippen LogP contribution in [0.15, 0.2) is 35.6 Å². The summed E-state index contributed by atoms with van der Waals surface area (Å²) in [5, 5.41) is 2.92. The van der Waals surface area contributed by atoms with Crippen molar-refractivity contribution in [2.45, 2.75) is 18.1 Å². The number of ether oxygens (including phenoxy) is 2.